The maximum absolute atomic E-state index is 12.6. The first kappa shape index (κ1) is 14.5. The molecule has 0 bridgehead atoms. The van der Waals surface area contributed by atoms with Gasteiger partial charge in [0.15, 0.2) is 4.32 Å². The number of hydrogen-bond acceptors (Lipinski definition) is 3. The Labute approximate surface area is 134 Å². The van der Waals surface area contributed by atoms with Gasteiger partial charge < -0.3 is 0 Å². The maximum Gasteiger partial charge on any atom is 0.270 e. The summed E-state index contributed by atoms with van der Waals surface area (Å²) in [7, 11) is 0. The summed E-state index contributed by atoms with van der Waals surface area (Å²) in [4.78, 5) is 15.0. The van der Waals surface area contributed by atoms with Crippen molar-refractivity contribution in [3.63, 3.8) is 0 Å². The van der Waals surface area contributed by atoms with Gasteiger partial charge in [0, 0.05) is 0 Å². The van der Waals surface area contributed by atoms with Gasteiger partial charge in [-0.15, -0.1) is 0 Å². The third-order valence-corrected chi connectivity index (χ3v) is 5.10. The predicted molar refractivity (Wildman–Crippen MR) is 93.4 cm³/mol. The first-order chi connectivity index (χ1) is 10.1. The van der Waals surface area contributed by atoms with Crippen LogP contribution in [-0.4, -0.2) is 10.2 Å². The summed E-state index contributed by atoms with van der Waals surface area (Å²) in [6.07, 6.45) is 9.75. The molecule has 0 N–H and O–H groups in total. The van der Waals surface area contributed by atoms with Crippen LogP contribution in [0.15, 0.2) is 47.4 Å². The Kier molecular flexibility index (Phi) is 4.27. The molecule has 1 fully saturated rings. The summed E-state index contributed by atoms with van der Waals surface area (Å²) in [5, 5.41) is 0. The highest BCUT2D eigenvalue weighted by molar-refractivity contribution is 8.27. The summed E-state index contributed by atoms with van der Waals surface area (Å²) >= 11 is 6.81. The number of carbonyl (C=O) groups is 1. The fraction of sp³-hybridized carbons (Fsp3) is 0.294. The predicted octanol–water partition coefficient (Wildman–Crippen LogP) is 4.60. The summed E-state index contributed by atoms with van der Waals surface area (Å²) in [6.45, 7) is 2.03. The SMILES string of the molecule is Cc1ccc(N2C(=O)/C(=C\C3CC=CCC3)SC2=S)cc1. The molecule has 2 aliphatic rings. The first-order valence-corrected chi connectivity index (χ1v) is 8.37. The second-order valence-electron chi connectivity index (χ2n) is 5.42. The molecule has 108 valence electrons. The van der Waals surface area contributed by atoms with Gasteiger partial charge in [0.25, 0.3) is 5.91 Å². The Morgan fingerprint density at radius 2 is 2.05 bits per heavy atom. The summed E-state index contributed by atoms with van der Waals surface area (Å²) in [6, 6.07) is 7.91. The number of allylic oxidation sites excluding steroid dienone is 3. The largest absolute Gasteiger partial charge is 0.270 e. The van der Waals surface area contributed by atoms with Crippen LogP contribution in [-0.2, 0) is 4.79 Å². The number of thiocarbonyl (C=S) groups is 1. The molecule has 0 saturated carbocycles. The lowest BCUT2D eigenvalue weighted by Crippen LogP contribution is -2.27. The van der Waals surface area contributed by atoms with Gasteiger partial charge in [-0.1, -0.05) is 59.9 Å². The molecule has 1 aromatic rings. The van der Waals surface area contributed by atoms with Crippen LogP contribution < -0.4 is 4.90 Å². The Morgan fingerprint density at radius 3 is 2.71 bits per heavy atom. The number of anilines is 1. The standard InChI is InChI=1S/C17H17NOS2/c1-12-7-9-14(10-8-12)18-16(19)15(21-17(18)20)11-13-5-3-2-4-6-13/h2-3,7-11,13H,4-6H2,1H3/b15-11+. The Bertz CT molecular complexity index is 631. The van der Waals surface area contributed by atoms with Crippen LogP contribution in [0.2, 0.25) is 0 Å². The quantitative estimate of drug-likeness (QED) is 0.452. The molecule has 1 aliphatic heterocycles. The number of thioether (sulfide) groups is 1. The summed E-state index contributed by atoms with van der Waals surface area (Å²) in [5.41, 5.74) is 2.03. The van der Waals surface area contributed by atoms with E-state index in [-0.39, 0.29) is 5.91 Å². The van der Waals surface area contributed by atoms with Crippen LogP contribution >= 0.6 is 24.0 Å². The molecule has 1 amide bonds. The normalized spacial score (nSPS) is 24.1. The van der Waals surface area contributed by atoms with Gasteiger partial charge in [-0.05, 0) is 44.2 Å². The highest BCUT2D eigenvalue weighted by Gasteiger charge is 2.33. The molecule has 0 spiro atoms. The van der Waals surface area contributed by atoms with Gasteiger partial charge in [-0.3, -0.25) is 9.69 Å². The van der Waals surface area contributed by atoms with Crippen molar-refractivity contribution >= 4 is 39.9 Å². The van der Waals surface area contributed by atoms with E-state index in [0.29, 0.717) is 10.2 Å². The number of benzene rings is 1. The molecule has 1 heterocycles. The van der Waals surface area contributed by atoms with Crippen molar-refractivity contribution in [3.8, 4) is 0 Å². The molecule has 1 aromatic carbocycles. The number of amides is 1. The van der Waals surface area contributed by atoms with E-state index in [0.717, 1.165) is 29.9 Å². The van der Waals surface area contributed by atoms with Crippen molar-refractivity contribution < 1.29 is 4.79 Å². The van der Waals surface area contributed by atoms with E-state index in [2.05, 4.69) is 18.2 Å². The van der Waals surface area contributed by atoms with Gasteiger partial charge in [-0.25, -0.2) is 0 Å². The summed E-state index contributed by atoms with van der Waals surface area (Å²) in [5.74, 6) is 0.477. The van der Waals surface area contributed by atoms with Crippen LogP contribution in [0.25, 0.3) is 0 Å². The van der Waals surface area contributed by atoms with Gasteiger partial charge in [0.2, 0.25) is 0 Å². The molecule has 4 heteroatoms. The lowest BCUT2D eigenvalue weighted by atomic mass is 9.94. The van der Waals surface area contributed by atoms with E-state index in [9.17, 15) is 4.79 Å². The van der Waals surface area contributed by atoms with E-state index >= 15 is 0 Å². The Morgan fingerprint density at radius 1 is 1.29 bits per heavy atom. The van der Waals surface area contributed by atoms with Gasteiger partial charge in [0.1, 0.15) is 0 Å². The molecule has 1 atom stereocenters. The average Bonchev–Trinajstić information content (AvgIpc) is 2.76. The second-order valence-corrected chi connectivity index (χ2v) is 7.10. The molecule has 3 rings (SSSR count). The maximum atomic E-state index is 12.6. The van der Waals surface area contributed by atoms with Crippen molar-refractivity contribution in [2.45, 2.75) is 26.2 Å². The van der Waals surface area contributed by atoms with Gasteiger partial charge in [-0.2, -0.15) is 0 Å². The topological polar surface area (TPSA) is 20.3 Å². The number of carbonyl (C=O) groups excluding carboxylic acids is 1. The van der Waals surface area contributed by atoms with Crippen molar-refractivity contribution in [1.82, 2.24) is 0 Å². The van der Waals surface area contributed by atoms with E-state index < -0.39 is 0 Å². The van der Waals surface area contributed by atoms with Crippen LogP contribution in [0.1, 0.15) is 24.8 Å². The zero-order valence-electron chi connectivity index (χ0n) is 11.9. The first-order valence-electron chi connectivity index (χ1n) is 7.15. The highest BCUT2D eigenvalue weighted by atomic mass is 32.2. The van der Waals surface area contributed by atoms with Crippen molar-refractivity contribution in [3.05, 3.63) is 53.0 Å². The highest BCUT2D eigenvalue weighted by Crippen LogP contribution is 2.36. The molecule has 0 radical (unpaired) electrons. The third-order valence-electron chi connectivity index (χ3n) is 3.78. The number of rotatable bonds is 2. The number of hydrogen-bond donors (Lipinski definition) is 0. The minimum Gasteiger partial charge on any atom is -0.268 e. The molecule has 1 aliphatic carbocycles. The fourth-order valence-electron chi connectivity index (χ4n) is 2.58. The van der Waals surface area contributed by atoms with Crippen molar-refractivity contribution in [1.29, 1.82) is 0 Å². The van der Waals surface area contributed by atoms with Crippen LogP contribution in [0.4, 0.5) is 5.69 Å². The molecule has 1 saturated heterocycles. The van der Waals surface area contributed by atoms with Gasteiger partial charge in [0.05, 0.1) is 10.6 Å². The van der Waals surface area contributed by atoms with Crippen LogP contribution in [0.3, 0.4) is 0 Å². The fourth-order valence-corrected chi connectivity index (χ4v) is 3.95. The number of nitrogens with zero attached hydrogens (tertiary/aromatic N) is 1. The Balaban J connectivity index is 1.83. The van der Waals surface area contributed by atoms with Gasteiger partial charge >= 0.3 is 0 Å². The molecule has 1 unspecified atom stereocenters. The lowest BCUT2D eigenvalue weighted by molar-refractivity contribution is -0.113. The zero-order valence-corrected chi connectivity index (χ0v) is 13.5. The second kappa shape index (κ2) is 6.16. The van der Waals surface area contributed by atoms with Crippen LogP contribution in [0, 0.1) is 12.8 Å². The van der Waals surface area contributed by atoms with E-state index in [1.54, 1.807) is 4.90 Å². The number of aryl methyl sites for hydroxylation is 1. The summed E-state index contributed by atoms with van der Waals surface area (Å²) < 4.78 is 0.626. The average molecular weight is 315 g/mol. The molecule has 0 aromatic heterocycles. The molecule has 2 nitrogen and oxygen atoms in total. The molecular weight excluding hydrogens is 298 g/mol. The van der Waals surface area contributed by atoms with Crippen LogP contribution in [0.5, 0.6) is 0 Å². The molecular formula is C17H17NOS2. The van der Waals surface area contributed by atoms with E-state index in [1.807, 2.05) is 31.2 Å². The lowest BCUT2D eigenvalue weighted by Gasteiger charge is -2.15. The monoisotopic (exact) mass is 315 g/mol. The third kappa shape index (κ3) is 3.11. The van der Waals surface area contributed by atoms with Crippen molar-refractivity contribution in [2.75, 3.05) is 4.90 Å². The smallest absolute Gasteiger partial charge is 0.268 e. The minimum atomic E-state index is 0.0170. The van der Waals surface area contributed by atoms with E-state index in [1.165, 1.54) is 17.3 Å². The van der Waals surface area contributed by atoms with E-state index in [4.69, 9.17) is 12.2 Å². The minimum absolute atomic E-state index is 0.0170. The Hall–Kier alpha value is -1.39. The van der Waals surface area contributed by atoms with Crippen molar-refractivity contribution in [2.24, 2.45) is 5.92 Å². The zero-order chi connectivity index (χ0) is 14.8. The molecule has 21 heavy (non-hydrogen) atoms.